The Hall–Kier alpha value is -2.13. The summed E-state index contributed by atoms with van der Waals surface area (Å²) in [5, 5.41) is 17.6. The maximum Gasteiger partial charge on any atom is 0.260 e. The van der Waals surface area contributed by atoms with E-state index in [1.807, 2.05) is 12.3 Å². The van der Waals surface area contributed by atoms with E-state index in [2.05, 4.69) is 25.8 Å². The zero-order valence-electron chi connectivity index (χ0n) is 12.4. The first-order chi connectivity index (χ1) is 11.2. The molecule has 0 saturated carbocycles. The van der Waals surface area contributed by atoms with Crippen LogP contribution in [0.1, 0.15) is 39.3 Å². The van der Waals surface area contributed by atoms with Crippen molar-refractivity contribution in [1.82, 2.24) is 25.2 Å². The van der Waals surface area contributed by atoms with E-state index < -0.39 is 0 Å². The highest BCUT2D eigenvalue weighted by Gasteiger charge is 2.27. The van der Waals surface area contributed by atoms with Crippen LogP contribution in [0.5, 0.6) is 0 Å². The highest BCUT2D eigenvalue weighted by Crippen LogP contribution is 2.36. The van der Waals surface area contributed by atoms with Gasteiger partial charge in [0.1, 0.15) is 11.3 Å². The molecule has 9 heteroatoms. The number of carbonyl (C=O) groups excluding carboxylic acids is 1. The lowest BCUT2D eigenvalue weighted by atomic mass is 9.95. The lowest BCUT2D eigenvalue weighted by Gasteiger charge is -2.12. The number of nitrogens with one attached hydrogen (secondary N) is 1. The Balaban J connectivity index is 1.76. The van der Waals surface area contributed by atoms with Crippen LogP contribution in [0.3, 0.4) is 0 Å². The minimum absolute atomic E-state index is 0.135. The number of hydrogen-bond acceptors (Lipinski definition) is 7. The number of anilines is 1. The molecule has 0 aromatic carbocycles. The van der Waals surface area contributed by atoms with Crippen LogP contribution in [0.25, 0.3) is 5.00 Å². The minimum Gasteiger partial charge on any atom is -0.298 e. The molecule has 0 atom stereocenters. The number of thiophene rings is 1. The van der Waals surface area contributed by atoms with Crippen molar-refractivity contribution < 1.29 is 4.79 Å². The van der Waals surface area contributed by atoms with E-state index >= 15 is 0 Å². The summed E-state index contributed by atoms with van der Waals surface area (Å²) in [7, 11) is 0. The van der Waals surface area contributed by atoms with Crippen molar-refractivity contribution in [3.63, 3.8) is 0 Å². The Morgan fingerprint density at radius 3 is 2.96 bits per heavy atom. The molecule has 23 heavy (non-hydrogen) atoms. The number of aryl methyl sites for hydroxylation is 2. The van der Waals surface area contributed by atoms with Crippen LogP contribution < -0.4 is 5.32 Å². The summed E-state index contributed by atoms with van der Waals surface area (Å²) in [4.78, 5) is 18.4. The SMILES string of the molecule is Cc1csc(NC(=O)c2c(-n3cnnn3)sc3c2CCCC3)n1. The summed E-state index contributed by atoms with van der Waals surface area (Å²) < 4.78 is 1.57. The van der Waals surface area contributed by atoms with Gasteiger partial charge in [-0.3, -0.25) is 10.1 Å². The predicted octanol–water partition coefficient (Wildman–Crippen LogP) is 2.62. The zero-order chi connectivity index (χ0) is 15.8. The van der Waals surface area contributed by atoms with E-state index in [0.29, 0.717) is 10.7 Å². The van der Waals surface area contributed by atoms with Crippen LogP contribution in [0.2, 0.25) is 0 Å². The normalized spacial score (nSPS) is 13.8. The number of fused-ring (bicyclic) bond motifs is 1. The standard InChI is InChI=1S/C14H14N6OS2/c1-8-6-22-14(16-8)17-12(21)11-9-4-2-3-5-10(9)23-13(11)20-7-15-18-19-20/h6-7H,2-5H2,1H3,(H,16,17,21). The zero-order valence-corrected chi connectivity index (χ0v) is 14.1. The molecule has 3 heterocycles. The minimum atomic E-state index is -0.135. The molecular weight excluding hydrogens is 332 g/mol. The predicted molar refractivity (Wildman–Crippen MR) is 88.5 cm³/mol. The molecule has 7 nitrogen and oxygen atoms in total. The monoisotopic (exact) mass is 346 g/mol. The number of hydrogen-bond donors (Lipinski definition) is 1. The molecule has 118 valence electrons. The third kappa shape index (κ3) is 2.66. The third-order valence-corrected chi connectivity index (χ3v) is 5.93. The average Bonchev–Trinajstić information content (AvgIpc) is 3.25. The van der Waals surface area contributed by atoms with Crippen LogP contribution in [0, 0.1) is 6.92 Å². The first kappa shape index (κ1) is 14.5. The van der Waals surface area contributed by atoms with E-state index in [9.17, 15) is 4.79 Å². The van der Waals surface area contributed by atoms with Gasteiger partial charge in [-0.1, -0.05) is 0 Å². The fraction of sp³-hybridized carbons (Fsp3) is 0.357. The van der Waals surface area contributed by atoms with Crippen molar-refractivity contribution >= 4 is 33.7 Å². The summed E-state index contributed by atoms with van der Waals surface area (Å²) in [6, 6.07) is 0. The van der Waals surface area contributed by atoms with Crippen molar-refractivity contribution in [3.05, 3.63) is 33.4 Å². The second kappa shape index (κ2) is 5.82. The number of thiazole rings is 1. The largest absolute Gasteiger partial charge is 0.298 e. The quantitative estimate of drug-likeness (QED) is 0.788. The van der Waals surface area contributed by atoms with Crippen molar-refractivity contribution in [1.29, 1.82) is 0 Å². The lowest BCUT2D eigenvalue weighted by molar-refractivity contribution is 0.102. The molecule has 0 radical (unpaired) electrons. The molecule has 0 bridgehead atoms. The first-order valence-electron chi connectivity index (χ1n) is 7.34. The van der Waals surface area contributed by atoms with Gasteiger partial charge in [0.05, 0.1) is 11.3 Å². The number of amides is 1. The van der Waals surface area contributed by atoms with Gasteiger partial charge in [0.25, 0.3) is 5.91 Å². The van der Waals surface area contributed by atoms with Gasteiger partial charge in [-0.15, -0.1) is 27.8 Å². The van der Waals surface area contributed by atoms with Gasteiger partial charge in [-0.05, 0) is 48.6 Å². The van der Waals surface area contributed by atoms with Crippen LogP contribution in [-0.4, -0.2) is 31.1 Å². The van der Waals surface area contributed by atoms with E-state index in [4.69, 9.17) is 0 Å². The van der Waals surface area contributed by atoms with Gasteiger partial charge in [0.15, 0.2) is 5.13 Å². The summed E-state index contributed by atoms with van der Waals surface area (Å²) in [5.74, 6) is -0.135. The molecule has 1 aliphatic rings. The van der Waals surface area contributed by atoms with Gasteiger partial charge < -0.3 is 0 Å². The van der Waals surface area contributed by atoms with Crippen LogP contribution in [0.4, 0.5) is 5.13 Å². The number of tetrazole rings is 1. The molecule has 0 fully saturated rings. The van der Waals surface area contributed by atoms with Gasteiger partial charge in [-0.25, -0.2) is 4.98 Å². The maximum absolute atomic E-state index is 12.9. The van der Waals surface area contributed by atoms with Gasteiger partial charge >= 0.3 is 0 Å². The molecule has 1 N–H and O–H groups in total. The Labute approximate surface area is 140 Å². The summed E-state index contributed by atoms with van der Waals surface area (Å²) in [6.07, 6.45) is 5.73. The Morgan fingerprint density at radius 1 is 1.35 bits per heavy atom. The van der Waals surface area contributed by atoms with Crippen molar-refractivity contribution in [2.45, 2.75) is 32.6 Å². The molecule has 0 spiro atoms. The number of rotatable bonds is 3. The van der Waals surface area contributed by atoms with Crippen molar-refractivity contribution in [2.24, 2.45) is 0 Å². The molecule has 0 aliphatic heterocycles. The lowest BCUT2D eigenvalue weighted by Crippen LogP contribution is -2.16. The molecule has 0 unspecified atom stereocenters. The summed E-state index contributed by atoms with van der Waals surface area (Å²) >= 11 is 3.04. The second-order valence-electron chi connectivity index (χ2n) is 5.39. The van der Waals surface area contributed by atoms with E-state index in [0.717, 1.165) is 41.9 Å². The van der Waals surface area contributed by atoms with Crippen LogP contribution in [-0.2, 0) is 12.8 Å². The van der Waals surface area contributed by atoms with E-state index in [1.165, 1.54) is 22.5 Å². The highest BCUT2D eigenvalue weighted by molar-refractivity contribution is 7.15. The maximum atomic E-state index is 12.9. The van der Waals surface area contributed by atoms with E-state index in [1.54, 1.807) is 16.0 Å². The molecule has 0 saturated heterocycles. The van der Waals surface area contributed by atoms with Crippen molar-refractivity contribution in [3.8, 4) is 5.00 Å². The Morgan fingerprint density at radius 2 is 2.22 bits per heavy atom. The Kier molecular flexibility index (Phi) is 3.66. The third-order valence-electron chi connectivity index (χ3n) is 3.78. The van der Waals surface area contributed by atoms with Crippen LogP contribution >= 0.6 is 22.7 Å². The fourth-order valence-electron chi connectivity index (χ4n) is 2.77. The van der Waals surface area contributed by atoms with Gasteiger partial charge in [-0.2, -0.15) is 4.68 Å². The Bertz CT molecular complexity index is 851. The molecule has 4 rings (SSSR count). The number of carbonyl (C=O) groups is 1. The number of aromatic nitrogens is 5. The smallest absolute Gasteiger partial charge is 0.260 e. The summed E-state index contributed by atoms with van der Waals surface area (Å²) in [5.41, 5.74) is 2.72. The topological polar surface area (TPSA) is 85.6 Å². The summed E-state index contributed by atoms with van der Waals surface area (Å²) in [6.45, 7) is 1.91. The highest BCUT2D eigenvalue weighted by atomic mass is 32.1. The second-order valence-corrected chi connectivity index (χ2v) is 7.34. The molecule has 1 amide bonds. The number of nitrogens with zero attached hydrogens (tertiary/aromatic N) is 5. The molecule has 1 aliphatic carbocycles. The van der Waals surface area contributed by atoms with Crippen molar-refractivity contribution in [2.75, 3.05) is 5.32 Å². The van der Waals surface area contributed by atoms with E-state index in [-0.39, 0.29) is 5.91 Å². The van der Waals surface area contributed by atoms with Crippen LogP contribution in [0.15, 0.2) is 11.7 Å². The van der Waals surface area contributed by atoms with Gasteiger partial charge in [0.2, 0.25) is 0 Å². The molecule has 3 aromatic rings. The van der Waals surface area contributed by atoms with Gasteiger partial charge in [0, 0.05) is 10.3 Å². The first-order valence-corrected chi connectivity index (χ1v) is 9.03. The molecular formula is C14H14N6OS2. The molecule has 3 aromatic heterocycles. The average molecular weight is 346 g/mol. The fourth-order valence-corrected chi connectivity index (χ4v) is 4.76.